The monoisotopic (exact) mass is 520 g/mol. The standard InChI is InChI=1S/C21H20Cl4N2O5/c1-14(16-6-2-3-7-19(16)27(28)29)26-32-10-5-4-9-31-21-17(22)12-15(13-18(21)23)30-11-8-20(24)25/h2-3,6-8,12-13,26H,1,4-5,9-11H2. The summed E-state index contributed by atoms with van der Waals surface area (Å²) in [5.74, 6) is 0.812. The molecule has 7 nitrogen and oxygen atoms in total. The van der Waals surface area contributed by atoms with E-state index in [1.54, 1.807) is 30.3 Å². The number of unbranched alkanes of at least 4 members (excludes halogenated alkanes) is 1. The van der Waals surface area contributed by atoms with Gasteiger partial charge in [-0.05, 0) is 25.0 Å². The Balaban J connectivity index is 1.71. The van der Waals surface area contributed by atoms with Gasteiger partial charge in [0.25, 0.3) is 5.69 Å². The largest absolute Gasteiger partial charge is 0.490 e. The smallest absolute Gasteiger partial charge is 0.278 e. The van der Waals surface area contributed by atoms with Crippen LogP contribution in [0.4, 0.5) is 5.69 Å². The highest BCUT2D eigenvalue weighted by Gasteiger charge is 2.15. The molecule has 2 aromatic rings. The molecule has 0 saturated carbocycles. The van der Waals surface area contributed by atoms with E-state index in [2.05, 4.69) is 12.1 Å². The van der Waals surface area contributed by atoms with Gasteiger partial charge in [0.1, 0.15) is 16.8 Å². The second kappa shape index (κ2) is 13.4. The molecule has 0 amide bonds. The van der Waals surface area contributed by atoms with Gasteiger partial charge in [-0.15, -0.1) is 0 Å². The lowest BCUT2D eigenvalue weighted by atomic mass is 10.1. The van der Waals surface area contributed by atoms with E-state index >= 15 is 0 Å². The van der Waals surface area contributed by atoms with E-state index in [0.29, 0.717) is 58.9 Å². The third-order valence-corrected chi connectivity index (χ3v) is 4.84. The average Bonchev–Trinajstić information content (AvgIpc) is 2.74. The second-order valence-corrected chi connectivity index (χ2v) is 8.10. The van der Waals surface area contributed by atoms with E-state index in [9.17, 15) is 10.1 Å². The van der Waals surface area contributed by atoms with Crippen LogP contribution in [-0.4, -0.2) is 24.7 Å². The van der Waals surface area contributed by atoms with Crippen molar-refractivity contribution in [3.8, 4) is 11.5 Å². The molecule has 2 aromatic carbocycles. The Morgan fingerprint density at radius 3 is 2.41 bits per heavy atom. The quantitative estimate of drug-likeness (QED) is 0.174. The lowest BCUT2D eigenvalue weighted by molar-refractivity contribution is -0.385. The molecule has 0 saturated heterocycles. The minimum atomic E-state index is -0.471. The normalized spacial score (nSPS) is 10.4. The molecule has 0 aliphatic heterocycles. The molecule has 0 radical (unpaired) electrons. The number of nitro groups is 1. The van der Waals surface area contributed by atoms with Crippen LogP contribution in [0.2, 0.25) is 10.0 Å². The number of hydrogen-bond acceptors (Lipinski definition) is 6. The molecule has 1 N–H and O–H groups in total. The van der Waals surface area contributed by atoms with Crippen LogP contribution >= 0.6 is 46.4 Å². The van der Waals surface area contributed by atoms with Crippen LogP contribution in [0.25, 0.3) is 5.70 Å². The van der Waals surface area contributed by atoms with Crippen LogP contribution in [0.15, 0.2) is 53.5 Å². The zero-order chi connectivity index (χ0) is 23.5. The SMILES string of the molecule is C=C(NOCCCCOc1c(Cl)cc(OCC=C(Cl)Cl)cc1Cl)c1ccccc1[N+](=O)[O-]. The van der Waals surface area contributed by atoms with Crippen molar-refractivity contribution in [3.63, 3.8) is 0 Å². The first-order chi connectivity index (χ1) is 15.3. The molecule has 0 unspecified atom stereocenters. The molecule has 0 fully saturated rings. The molecule has 0 spiro atoms. The van der Waals surface area contributed by atoms with Crippen LogP contribution in [0.1, 0.15) is 18.4 Å². The molecule has 0 bridgehead atoms. The molecule has 2 rings (SSSR count). The van der Waals surface area contributed by atoms with Gasteiger partial charge in [-0.1, -0.05) is 65.1 Å². The first-order valence-electron chi connectivity index (χ1n) is 9.36. The summed E-state index contributed by atoms with van der Waals surface area (Å²) in [7, 11) is 0. The maximum absolute atomic E-state index is 11.1. The van der Waals surface area contributed by atoms with E-state index < -0.39 is 4.92 Å². The highest BCUT2D eigenvalue weighted by molar-refractivity contribution is 6.55. The Labute approximate surface area is 205 Å². The predicted octanol–water partition coefficient (Wildman–Crippen LogP) is 6.95. The van der Waals surface area contributed by atoms with E-state index in [1.165, 1.54) is 12.1 Å². The number of benzene rings is 2. The van der Waals surface area contributed by atoms with Gasteiger partial charge in [-0.2, -0.15) is 0 Å². The van der Waals surface area contributed by atoms with Crippen molar-refractivity contribution < 1.29 is 19.2 Å². The summed E-state index contributed by atoms with van der Waals surface area (Å²) in [5.41, 5.74) is 3.25. The molecular weight excluding hydrogens is 502 g/mol. The number of hydroxylamine groups is 1. The molecule has 0 aliphatic rings. The van der Waals surface area contributed by atoms with Gasteiger partial charge >= 0.3 is 0 Å². The fraction of sp³-hybridized carbons (Fsp3) is 0.238. The summed E-state index contributed by atoms with van der Waals surface area (Å²) < 4.78 is 11.2. The summed E-state index contributed by atoms with van der Waals surface area (Å²) in [6.45, 7) is 4.65. The number of para-hydroxylation sites is 1. The fourth-order valence-corrected chi connectivity index (χ4v) is 3.19. The van der Waals surface area contributed by atoms with Crippen molar-refractivity contribution in [3.05, 3.63) is 79.3 Å². The van der Waals surface area contributed by atoms with Crippen molar-refractivity contribution >= 4 is 57.8 Å². The van der Waals surface area contributed by atoms with Crippen molar-refractivity contribution in [2.75, 3.05) is 19.8 Å². The van der Waals surface area contributed by atoms with Gasteiger partial charge < -0.3 is 9.47 Å². The van der Waals surface area contributed by atoms with Gasteiger partial charge in [0, 0.05) is 18.2 Å². The third kappa shape index (κ3) is 8.41. The first kappa shape index (κ1) is 26.1. The average molecular weight is 522 g/mol. The molecule has 32 heavy (non-hydrogen) atoms. The van der Waals surface area contributed by atoms with Crippen LogP contribution in [0.5, 0.6) is 11.5 Å². The highest BCUT2D eigenvalue weighted by Crippen LogP contribution is 2.37. The van der Waals surface area contributed by atoms with Gasteiger partial charge in [-0.3, -0.25) is 20.4 Å². The number of hydrogen-bond donors (Lipinski definition) is 1. The zero-order valence-corrected chi connectivity index (χ0v) is 19.8. The first-order valence-corrected chi connectivity index (χ1v) is 10.9. The van der Waals surface area contributed by atoms with Gasteiger partial charge in [0.15, 0.2) is 5.75 Å². The summed E-state index contributed by atoms with van der Waals surface area (Å²) in [6, 6.07) is 9.44. The van der Waals surface area contributed by atoms with Crippen LogP contribution in [0.3, 0.4) is 0 Å². The molecule has 0 aliphatic carbocycles. The Morgan fingerprint density at radius 2 is 1.75 bits per heavy atom. The van der Waals surface area contributed by atoms with Crippen LogP contribution in [0, 0.1) is 10.1 Å². The number of halogens is 4. The summed E-state index contributed by atoms with van der Waals surface area (Å²) in [4.78, 5) is 15.9. The van der Waals surface area contributed by atoms with Gasteiger partial charge in [0.05, 0.1) is 39.4 Å². The highest BCUT2D eigenvalue weighted by atomic mass is 35.5. The topological polar surface area (TPSA) is 82.9 Å². The Bertz CT molecular complexity index is 957. The molecular formula is C21H20Cl4N2O5. The number of ether oxygens (including phenoxy) is 2. The zero-order valence-electron chi connectivity index (χ0n) is 16.8. The van der Waals surface area contributed by atoms with E-state index in [-0.39, 0.29) is 16.8 Å². The van der Waals surface area contributed by atoms with Gasteiger partial charge in [-0.25, -0.2) is 0 Å². The fourth-order valence-electron chi connectivity index (χ4n) is 2.49. The van der Waals surface area contributed by atoms with Gasteiger partial charge in [0.2, 0.25) is 0 Å². The minimum Gasteiger partial charge on any atom is -0.490 e. The number of nitrogens with zero attached hydrogens (tertiary/aromatic N) is 1. The van der Waals surface area contributed by atoms with Crippen LogP contribution < -0.4 is 15.0 Å². The molecule has 0 heterocycles. The predicted molar refractivity (Wildman–Crippen MR) is 128 cm³/mol. The van der Waals surface area contributed by atoms with E-state index in [4.69, 9.17) is 60.7 Å². The van der Waals surface area contributed by atoms with E-state index in [1.807, 2.05) is 0 Å². The lowest BCUT2D eigenvalue weighted by Gasteiger charge is -2.13. The molecule has 11 heteroatoms. The van der Waals surface area contributed by atoms with Crippen molar-refractivity contribution in [2.45, 2.75) is 12.8 Å². The number of nitrogens with one attached hydrogen (secondary N) is 1. The number of nitro benzene ring substituents is 1. The molecule has 172 valence electrons. The third-order valence-electron chi connectivity index (χ3n) is 3.97. The second-order valence-electron chi connectivity index (χ2n) is 6.28. The summed E-state index contributed by atoms with van der Waals surface area (Å²) in [5, 5.41) is 11.7. The van der Waals surface area contributed by atoms with Crippen molar-refractivity contribution in [1.29, 1.82) is 0 Å². The van der Waals surface area contributed by atoms with E-state index in [0.717, 1.165) is 0 Å². The minimum absolute atomic E-state index is 0.0495. The van der Waals surface area contributed by atoms with Crippen molar-refractivity contribution in [2.24, 2.45) is 0 Å². The number of rotatable bonds is 13. The molecule has 0 aromatic heterocycles. The Morgan fingerprint density at radius 1 is 1.09 bits per heavy atom. The maximum atomic E-state index is 11.1. The summed E-state index contributed by atoms with van der Waals surface area (Å²) >= 11 is 23.5. The Hall–Kier alpha value is -2.16. The lowest BCUT2D eigenvalue weighted by Crippen LogP contribution is -2.14. The summed E-state index contributed by atoms with van der Waals surface area (Å²) in [6.07, 6.45) is 2.80. The van der Waals surface area contributed by atoms with Crippen molar-refractivity contribution in [1.82, 2.24) is 5.48 Å². The van der Waals surface area contributed by atoms with Crippen LogP contribution in [-0.2, 0) is 4.84 Å². The molecule has 0 atom stereocenters. The maximum Gasteiger partial charge on any atom is 0.278 e. The Kier molecular flexibility index (Phi) is 10.9.